The summed E-state index contributed by atoms with van der Waals surface area (Å²) in [6.45, 7) is 1.60. The van der Waals surface area contributed by atoms with E-state index >= 15 is 0 Å². The highest BCUT2D eigenvalue weighted by atomic mass is 127. The Morgan fingerprint density at radius 3 is 3.12 bits per heavy atom. The molecule has 4 nitrogen and oxygen atoms in total. The van der Waals surface area contributed by atoms with Gasteiger partial charge in [-0.15, -0.1) is 0 Å². The van der Waals surface area contributed by atoms with Crippen molar-refractivity contribution in [1.29, 1.82) is 0 Å². The first-order valence-corrected chi connectivity index (χ1v) is 6.86. The molecule has 0 unspecified atom stereocenters. The number of hydrogen-bond acceptors (Lipinski definition) is 3. The first-order valence-electron chi connectivity index (χ1n) is 5.78. The number of hydrogen-bond donors (Lipinski definition) is 1. The van der Waals surface area contributed by atoms with Gasteiger partial charge in [0.2, 0.25) is 0 Å². The molecule has 0 atom stereocenters. The van der Waals surface area contributed by atoms with Crippen LogP contribution < -0.4 is 5.32 Å². The van der Waals surface area contributed by atoms with Crippen LogP contribution in [0.3, 0.4) is 0 Å². The Bertz CT molecular complexity index is 501. The summed E-state index contributed by atoms with van der Waals surface area (Å²) >= 11 is 2.26. The summed E-state index contributed by atoms with van der Waals surface area (Å²) in [6, 6.07) is 2.77. The van der Waals surface area contributed by atoms with Crippen molar-refractivity contribution >= 4 is 22.6 Å². The van der Waals surface area contributed by atoms with Crippen molar-refractivity contribution in [3.8, 4) is 0 Å². The summed E-state index contributed by atoms with van der Waals surface area (Å²) < 4.78 is 8.58. The summed E-state index contributed by atoms with van der Waals surface area (Å²) in [5.74, 6) is 0.998. The van der Waals surface area contributed by atoms with E-state index < -0.39 is 0 Å². The van der Waals surface area contributed by atoms with Crippen LogP contribution in [0, 0.1) is 3.57 Å². The Morgan fingerprint density at radius 1 is 1.53 bits per heavy atom. The molecule has 0 aromatic carbocycles. The van der Waals surface area contributed by atoms with Gasteiger partial charge >= 0.3 is 0 Å². The molecule has 1 aliphatic carbocycles. The molecule has 0 amide bonds. The van der Waals surface area contributed by atoms with E-state index in [0.717, 1.165) is 21.9 Å². The van der Waals surface area contributed by atoms with Gasteiger partial charge in [-0.3, -0.25) is 4.68 Å². The predicted octanol–water partition coefficient (Wildman–Crippen LogP) is 2.38. The summed E-state index contributed by atoms with van der Waals surface area (Å²) in [7, 11) is 0. The fourth-order valence-electron chi connectivity index (χ4n) is 1.78. The lowest BCUT2D eigenvalue weighted by atomic mass is 10.2. The molecular formula is C12H14IN3O. The molecule has 90 valence electrons. The number of nitrogens with zero attached hydrogens (tertiary/aromatic N) is 2. The van der Waals surface area contributed by atoms with Gasteiger partial charge in [0, 0.05) is 24.3 Å². The van der Waals surface area contributed by atoms with Gasteiger partial charge in [0.1, 0.15) is 5.76 Å². The predicted molar refractivity (Wildman–Crippen MR) is 72.6 cm³/mol. The van der Waals surface area contributed by atoms with Crippen LogP contribution in [0.5, 0.6) is 0 Å². The second kappa shape index (κ2) is 4.81. The van der Waals surface area contributed by atoms with Crippen LogP contribution in [0.2, 0.25) is 0 Å². The molecule has 5 heteroatoms. The van der Waals surface area contributed by atoms with E-state index in [9.17, 15) is 0 Å². The smallest absolute Gasteiger partial charge is 0.129 e. The molecule has 1 aliphatic rings. The lowest BCUT2D eigenvalue weighted by Crippen LogP contribution is -2.16. The third-order valence-electron chi connectivity index (χ3n) is 2.90. The molecule has 1 saturated carbocycles. The highest BCUT2D eigenvalue weighted by Crippen LogP contribution is 2.20. The quantitative estimate of drug-likeness (QED) is 0.848. The highest BCUT2D eigenvalue weighted by Gasteiger charge is 2.20. The second-order valence-corrected chi connectivity index (χ2v) is 5.63. The van der Waals surface area contributed by atoms with Crippen molar-refractivity contribution in [2.24, 2.45) is 0 Å². The van der Waals surface area contributed by atoms with Gasteiger partial charge < -0.3 is 9.73 Å². The van der Waals surface area contributed by atoms with Crippen LogP contribution in [0.4, 0.5) is 0 Å². The van der Waals surface area contributed by atoms with Crippen molar-refractivity contribution in [3.05, 3.63) is 39.6 Å². The number of rotatable bonds is 5. The minimum atomic E-state index is 0.706. The van der Waals surface area contributed by atoms with E-state index in [1.54, 1.807) is 6.26 Å². The van der Waals surface area contributed by atoms with Crippen molar-refractivity contribution in [3.63, 3.8) is 0 Å². The van der Waals surface area contributed by atoms with Gasteiger partial charge in [-0.05, 0) is 41.5 Å². The van der Waals surface area contributed by atoms with Gasteiger partial charge in [0.05, 0.1) is 22.6 Å². The van der Waals surface area contributed by atoms with Gasteiger partial charge in [-0.1, -0.05) is 0 Å². The standard InChI is InChI=1S/C12H14IN3O/c13-10-6-15-16(7-10)8-12-9(3-4-17-12)5-14-11-1-2-11/h3-4,6-7,11,14H,1-2,5,8H2. The molecule has 2 aromatic heterocycles. The molecule has 0 aliphatic heterocycles. The third-order valence-corrected chi connectivity index (χ3v) is 3.46. The molecule has 1 fully saturated rings. The first kappa shape index (κ1) is 11.3. The van der Waals surface area contributed by atoms with E-state index in [1.165, 1.54) is 18.4 Å². The Hall–Kier alpha value is -0.820. The summed E-state index contributed by atoms with van der Waals surface area (Å²) in [5, 5.41) is 7.77. The van der Waals surface area contributed by atoms with Gasteiger partial charge in [-0.25, -0.2) is 0 Å². The first-order chi connectivity index (χ1) is 8.31. The largest absolute Gasteiger partial charge is 0.467 e. The number of furan rings is 1. The lowest BCUT2D eigenvalue weighted by molar-refractivity contribution is 0.472. The number of nitrogens with one attached hydrogen (secondary N) is 1. The van der Waals surface area contributed by atoms with E-state index in [2.05, 4.69) is 33.0 Å². The van der Waals surface area contributed by atoms with Crippen molar-refractivity contribution in [1.82, 2.24) is 15.1 Å². The van der Waals surface area contributed by atoms with E-state index in [-0.39, 0.29) is 0 Å². The molecule has 0 spiro atoms. The van der Waals surface area contributed by atoms with Crippen LogP contribution in [0.25, 0.3) is 0 Å². The fraction of sp³-hybridized carbons (Fsp3) is 0.417. The third kappa shape index (κ3) is 2.90. The van der Waals surface area contributed by atoms with Crippen molar-refractivity contribution in [2.45, 2.75) is 32.0 Å². The molecule has 2 heterocycles. The fourth-order valence-corrected chi connectivity index (χ4v) is 2.22. The normalized spacial score (nSPS) is 15.4. The Balaban J connectivity index is 1.67. The van der Waals surface area contributed by atoms with Gasteiger partial charge in [0.15, 0.2) is 0 Å². The Morgan fingerprint density at radius 2 is 2.41 bits per heavy atom. The number of halogens is 1. The molecule has 0 bridgehead atoms. The SMILES string of the molecule is Ic1cnn(Cc2occc2CNC2CC2)c1. The topological polar surface area (TPSA) is 43.0 Å². The Kier molecular flexibility index (Phi) is 3.19. The number of aromatic nitrogens is 2. The second-order valence-electron chi connectivity index (χ2n) is 4.38. The van der Waals surface area contributed by atoms with Crippen LogP contribution in [0.15, 0.2) is 29.1 Å². The van der Waals surface area contributed by atoms with E-state index in [1.807, 2.05) is 23.1 Å². The van der Waals surface area contributed by atoms with E-state index in [4.69, 9.17) is 4.42 Å². The summed E-state index contributed by atoms with van der Waals surface area (Å²) in [4.78, 5) is 0. The molecule has 0 saturated heterocycles. The zero-order valence-electron chi connectivity index (χ0n) is 9.40. The van der Waals surface area contributed by atoms with Crippen LogP contribution in [-0.4, -0.2) is 15.8 Å². The van der Waals surface area contributed by atoms with E-state index in [0.29, 0.717) is 6.54 Å². The molecular weight excluding hydrogens is 329 g/mol. The van der Waals surface area contributed by atoms with Gasteiger partial charge in [-0.2, -0.15) is 5.10 Å². The summed E-state index contributed by atoms with van der Waals surface area (Å²) in [6.07, 6.45) is 8.25. The molecule has 2 aromatic rings. The maximum Gasteiger partial charge on any atom is 0.129 e. The average Bonchev–Trinajstić information content (AvgIpc) is 2.90. The zero-order valence-corrected chi connectivity index (χ0v) is 11.6. The summed E-state index contributed by atoms with van der Waals surface area (Å²) in [5.41, 5.74) is 1.24. The van der Waals surface area contributed by atoms with Gasteiger partial charge in [0.25, 0.3) is 0 Å². The highest BCUT2D eigenvalue weighted by molar-refractivity contribution is 14.1. The molecule has 1 N–H and O–H groups in total. The zero-order chi connectivity index (χ0) is 11.7. The molecule has 3 rings (SSSR count). The van der Waals surface area contributed by atoms with Crippen molar-refractivity contribution in [2.75, 3.05) is 0 Å². The minimum absolute atomic E-state index is 0.706. The Labute approximate surface area is 114 Å². The molecule has 17 heavy (non-hydrogen) atoms. The van der Waals surface area contributed by atoms with Crippen LogP contribution in [-0.2, 0) is 13.1 Å². The minimum Gasteiger partial charge on any atom is -0.467 e. The maximum absolute atomic E-state index is 5.53. The van der Waals surface area contributed by atoms with Crippen LogP contribution in [0.1, 0.15) is 24.2 Å². The monoisotopic (exact) mass is 343 g/mol. The average molecular weight is 343 g/mol. The van der Waals surface area contributed by atoms with Crippen LogP contribution >= 0.6 is 22.6 Å². The maximum atomic E-state index is 5.53. The lowest BCUT2D eigenvalue weighted by Gasteiger charge is -2.04. The van der Waals surface area contributed by atoms with Crippen molar-refractivity contribution < 1.29 is 4.42 Å². The molecule has 0 radical (unpaired) electrons.